The molecular weight excluding hydrogens is 1400 g/mol. The van der Waals surface area contributed by atoms with Crippen LogP contribution in [0.3, 0.4) is 0 Å². The van der Waals surface area contributed by atoms with Crippen molar-refractivity contribution in [3.63, 3.8) is 0 Å². The van der Waals surface area contributed by atoms with Crippen LogP contribution in [-0.2, 0) is 47.0 Å². The highest BCUT2D eigenvalue weighted by Gasteiger charge is 2.18. The average molecular weight is 1550 g/mol. The summed E-state index contributed by atoms with van der Waals surface area (Å²) in [6, 6.07) is 42.2. The Hall–Kier alpha value is -6.93. The number of pyridine rings is 3. The first-order valence-electron chi connectivity index (χ1n) is 39.9. The molecule has 109 heavy (non-hydrogen) atoms. The number of carbonyl (C=O) groups is 3. The number of thiophene rings is 1. The number of aliphatic hydroxyl groups excluding tert-OH is 1. The number of hydrogen-bond donors (Lipinski definition) is 5. The molecule has 1 aliphatic rings. The molecule has 0 bridgehead atoms. The maximum Gasteiger partial charge on any atom is 0.222 e. The van der Waals surface area contributed by atoms with Gasteiger partial charge in [0, 0.05) is 76.7 Å². The van der Waals surface area contributed by atoms with Gasteiger partial charge < -0.3 is 34.9 Å². The van der Waals surface area contributed by atoms with Gasteiger partial charge in [0.25, 0.3) is 0 Å². The second kappa shape index (κ2) is 57.2. The molecule has 0 saturated carbocycles. The van der Waals surface area contributed by atoms with Crippen LogP contribution in [0.1, 0.15) is 332 Å². The maximum absolute atomic E-state index is 11.2. The third-order valence-electron chi connectivity index (χ3n) is 17.0. The van der Waals surface area contributed by atoms with Gasteiger partial charge in [0.05, 0.1) is 56.2 Å². The highest BCUT2D eigenvalue weighted by molar-refractivity contribution is 7.90. The molecule has 0 spiro atoms. The number of furan rings is 1. The number of aliphatic hydroxyl groups is 1. The summed E-state index contributed by atoms with van der Waals surface area (Å²) in [4.78, 5) is 49.5. The van der Waals surface area contributed by atoms with E-state index in [0.717, 1.165) is 30.9 Å². The number of benzene rings is 2. The Labute approximate surface area is 666 Å². The lowest BCUT2D eigenvalue weighted by Gasteiger charge is -2.11. The lowest BCUT2D eigenvalue weighted by atomic mass is 9.96. The quantitative estimate of drug-likeness (QED) is 0.0319. The van der Waals surface area contributed by atoms with Crippen LogP contribution in [-0.4, -0.2) is 97.1 Å². The van der Waals surface area contributed by atoms with Crippen LogP contribution >= 0.6 is 11.3 Å². The molecule has 18 heteroatoms. The van der Waals surface area contributed by atoms with Gasteiger partial charge in [-0.2, -0.15) is 0 Å². The zero-order chi connectivity index (χ0) is 82.9. The highest BCUT2D eigenvalue weighted by atomic mass is 32.2. The van der Waals surface area contributed by atoms with Crippen molar-refractivity contribution in [2.75, 3.05) is 39.5 Å². The van der Waals surface area contributed by atoms with Crippen LogP contribution in [0.2, 0.25) is 0 Å². The molecule has 5 N–H and O–H groups in total. The van der Waals surface area contributed by atoms with Crippen LogP contribution in [0.4, 0.5) is 0 Å². The minimum absolute atomic E-state index is 0.0277. The van der Waals surface area contributed by atoms with Crippen LogP contribution < -0.4 is 20.7 Å². The summed E-state index contributed by atoms with van der Waals surface area (Å²) in [6.45, 7) is 61.9. The van der Waals surface area contributed by atoms with Gasteiger partial charge in [-0.3, -0.25) is 29.3 Å². The Bertz CT molecular complexity index is 3320. The topological polar surface area (TPSA) is 224 Å². The highest BCUT2D eigenvalue weighted by Crippen LogP contribution is 2.29. The number of amides is 3. The Balaban J connectivity index is 0.00000120. The number of carbonyl (C=O) groups excluding carboxylic acids is 3. The Morgan fingerprint density at radius 1 is 0.486 bits per heavy atom. The van der Waals surface area contributed by atoms with Crippen molar-refractivity contribution >= 4 is 39.1 Å². The van der Waals surface area contributed by atoms with E-state index < -0.39 is 15.3 Å². The number of ether oxygens (including phenoxy) is 2. The molecule has 1 fully saturated rings. The van der Waals surface area contributed by atoms with Crippen molar-refractivity contribution in [2.24, 2.45) is 17.8 Å². The molecule has 5 aromatic heterocycles. The minimum Gasteiger partial charge on any atom is -0.467 e. The molecule has 612 valence electrons. The summed E-state index contributed by atoms with van der Waals surface area (Å²) in [5.41, 5.74) is 11.5. The minimum atomic E-state index is -3.18. The fourth-order valence-electron chi connectivity index (χ4n) is 9.23. The lowest BCUT2D eigenvalue weighted by Crippen LogP contribution is -2.34. The van der Waals surface area contributed by atoms with Gasteiger partial charge in [0.15, 0.2) is 0 Å². The Morgan fingerprint density at radius 3 is 1.32 bits per heavy atom. The fourth-order valence-corrected chi connectivity index (χ4v) is 11.0. The van der Waals surface area contributed by atoms with Crippen LogP contribution in [0.15, 0.2) is 144 Å². The lowest BCUT2D eigenvalue weighted by molar-refractivity contribution is -0.125. The van der Waals surface area contributed by atoms with E-state index in [2.05, 4.69) is 265 Å². The summed E-state index contributed by atoms with van der Waals surface area (Å²) in [7, 11) is -3.18. The van der Waals surface area contributed by atoms with Crippen molar-refractivity contribution in [3.8, 4) is 0 Å². The van der Waals surface area contributed by atoms with Gasteiger partial charge in [-0.25, -0.2) is 13.1 Å². The van der Waals surface area contributed by atoms with Crippen molar-refractivity contribution in [1.29, 1.82) is 0 Å². The van der Waals surface area contributed by atoms with Crippen molar-refractivity contribution in [1.82, 2.24) is 35.6 Å². The van der Waals surface area contributed by atoms with E-state index in [-0.39, 0.29) is 67.9 Å². The molecule has 8 rings (SSSR count). The van der Waals surface area contributed by atoms with E-state index in [0.29, 0.717) is 78.8 Å². The van der Waals surface area contributed by atoms with E-state index in [1.165, 1.54) is 54.7 Å². The molecule has 3 amide bonds. The molecule has 0 radical (unpaired) electrons. The van der Waals surface area contributed by atoms with Gasteiger partial charge in [0.1, 0.15) is 5.76 Å². The zero-order valence-electron chi connectivity index (χ0n) is 72.4. The Kier molecular flexibility index (Phi) is 53.5. The predicted molar refractivity (Wildman–Crippen MR) is 460 cm³/mol. The molecule has 1 saturated heterocycles. The van der Waals surface area contributed by atoms with Crippen LogP contribution in [0.25, 0.3) is 0 Å². The molecule has 1 aliphatic heterocycles. The molecule has 2 aromatic carbocycles. The largest absolute Gasteiger partial charge is 0.467 e. The third-order valence-corrected chi connectivity index (χ3v) is 20.6. The first kappa shape index (κ1) is 102. The van der Waals surface area contributed by atoms with Crippen molar-refractivity contribution in [2.45, 2.75) is 290 Å². The predicted octanol–water partition coefficient (Wildman–Crippen LogP) is 21.7. The number of hydrogen-bond acceptors (Lipinski definition) is 13. The van der Waals surface area contributed by atoms with E-state index >= 15 is 0 Å². The zero-order valence-corrected chi connectivity index (χ0v) is 74.0. The molecule has 0 aliphatic carbocycles. The van der Waals surface area contributed by atoms with Gasteiger partial charge in [-0.05, 0) is 168 Å². The molecule has 16 nitrogen and oxygen atoms in total. The van der Waals surface area contributed by atoms with E-state index in [9.17, 15) is 22.8 Å². The summed E-state index contributed by atoms with van der Waals surface area (Å²) in [5, 5.41) is 16.3. The van der Waals surface area contributed by atoms with Gasteiger partial charge in [-0.1, -0.05) is 247 Å². The number of nitrogens with one attached hydrogen (secondary N) is 4. The first-order valence-corrected chi connectivity index (χ1v) is 42.3. The van der Waals surface area contributed by atoms with Gasteiger partial charge in [-0.15, -0.1) is 11.3 Å². The number of aromatic nitrogens is 3. The molecule has 7 aromatic rings. The second-order valence-corrected chi connectivity index (χ2v) is 35.1. The SMILES string of the molecule is CC(C)C(=O)NCC1CCCO1.CC(C)C(=O)NCc1ccccn1.CC(C)C(=O)NCc1ccco1.CC(C)S(=O)(=O)NCCOCCO.CC(C)c1ccc(C(C)C)cc1.CC(C)c1ccc(C(C)C)nc1.CC(C)c1ccc(C(C)C)s1.CC(C)c1cccc(C(C)C)c1.CC(C)c1cccc(C(C)C)n1. The van der Waals surface area contributed by atoms with Crippen LogP contribution in [0.5, 0.6) is 0 Å². The first-order chi connectivity index (χ1) is 51.1. The number of sulfonamides is 1. The number of rotatable bonds is 26. The van der Waals surface area contributed by atoms with Crippen molar-refractivity contribution < 1.29 is 41.8 Å². The average Bonchev–Trinajstić information content (AvgIpc) is 1.79. The molecular formula is C91H147N7O9S2. The summed E-state index contributed by atoms with van der Waals surface area (Å²) in [5.74, 6) is 7.27. The van der Waals surface area contributed by atoms with Crippen molar-refractivity contribution in [3.05, 3.63) is 206 Å². The standard InChI is InChI=1S/2C12H18.2C11H17N.C10H14N2O.C10H16S.C9H17NO2.C9H13NO2.C7H17NO4S/c1-9(2)11-5-7-12(8-6-11)10(3)4;1-9(2)11-6-5-7-12(8-11)10(3)4;1-8(2)10-5-6-11(9(3)4)12-7-10;1-8(2)10-6-5-7-11(12-10)9(3)4;1-8(2)10(13)12-7-9-5-3-4-6-11-9;1-7(2)9-5-6-10(11-9)8(3)4;2*1-7(2)9(11)10-6-8-4-3-5-12-8;1-7(2)13(10,11)8-3-5-12-6-4-9/h2*5-10H,1-4H3;2*5-9H,1-4H3;3-6,8H,7H2,1-2H3,(H,12,13);5-8H,1-4H3;7-8H,3-6H2,1-2H3,(H,10,11);3-5,7H,6H2,1-2H3,(H,10,11);7-9H,3-6H2,1-2H3. The summed E-state index contributed by atoms with van der Waals surface area (Å²) >= 11 is 1.95. The summed E-state index contributed by atoms with van der Waals surface area (Å²) in [6.07, 6.45) is 7.77. The van der Waals surface area contributed by atoms with Crippen LogP contribution in [0, 0.1) is 17.8 Å². The smallest absolute Gasteiger partial charge is 0.222 e. The summed E-state index contributed by atoms with van der Waals surface area (Å²) < 4.78 is 40.0. The molecule has 6 heterocycles. The van der Waals surface area contributed by atoms with Gasteiger partial charge >= 0.3 is 0 Å². The normalized spacial score (nSPS) is 12.4. The third kappa shape index (κ3) is 47.1. The Morgan fingerprint density at radius 2 is 0.954 bits per heavy atom. The van der Waals surface area contributed by atoms with E-state index in [1.54, 1.807) is 32.4 Å². The fraction of sp³-hybridized carbons (Fsp3) is 0.582. The maximum atomic E-state index is 11.2. The number of nitrogens with zero attached hydrogens (tertiary/aromatic N) is 3. The molecule has 1 unspecified atom stereocenters. The van der Waals surface area contributed by atoms with Gasteiger partial charge in [0.2, 0.25) is 27.7 Å². The monoisotopic (exact) mass is 1550 g/mol. The second-order valence-electron chi connectivity index (χ2n) is 31.6. The van der Waals surface area contributed by atoms with E-state index in [4.69, 9.17) is 19.0 Å². The van der Waals surface area contributed by atoms with E-state index in [1.807, 2.05) is 83.3 Å². The molecule has 1 atom stereocenters.